The highest BCUT2D eigenvalue weighted by Gasteiger charge is 1.72. The molecule has 0 amide bonds. The third-order valence-corrected chi connectivity index (χ3v) is 0.735. The summed E-state index contributed by atoms with van der Waals surface area (Å²) in [7, 11) is 0. The van der Waals surface area contributed by atoms with Crippen LogP contribution in [0.25, 0.3) is 0 Å². The molecule has 0 saturated carbocycles. The van der Waals surface area contributed by atoms with Crippen LogP contribution in [0.1, 0.15) is 13.8 Å². The van der Waals surface area contributed by atoms with E-state index < -0.39 is 0 Å². The van der Waals surface area contributed by atoms with E-state index in [2.05, 4.69) is 13.2 Å². The van der Waals surface area contributed by atoms with Crippen LogP contribution >= 0.6 is 0 Å². The van der Waals surface area contributed by atoms with Gasteiger partial charge in [0, 0.05) is 5.70 Å². The zero-order chi connectivity index (χ0) is 9.11. The highest BCUT2D eigenvalue weighted by Crippen LogP contribution is 1.86. The van der Waals surface area contributed by atoms with E-state index in [-0.39, 0.29) is 0 Å². The highest BCUT2D eigenvalue weighted by atomic mass is 14.5. The Kier molecular flexibility index (Phi) is 13.1. The first-order valence-corrected chi connectivity index (χ1v) is 3.68. The molecule has 0 atom stereocenters. The summed E-state index contributed by atoms with van der Waals surface area (Å²) < 4.78 is 0. The minimum absolute atomic E-state index is 0.685. The first kappa shape index (κ1) is 12.4. The molecule has 11 heavy (non-hydrogen) atoms. The van der Waals surface area contributed by atoms with Crippen molar-refractivity contribution in [2.75, 3.05) is 0 Å². The van der Waals surface area contributed by atoms with E-state index >= 15 is 0 Å². The molecule has 0 spiro atoms. The van der Waals surface area contributed by atoms with Crippen molar-refractivity contribution in [3.63, 3.8) is 0 Å². The predicted octanol–water partition coefficient (Wildman–Crippen LogP) is 2.78. The second kappa shape index (κ2) is 11.5. The van der Waals surface area contributed by atoms with Crippen LogP contribution in [0.3, 0.4) is 0 Å². The summed E-state index contributed by atoms with van der Waals surface area (Å²) in [5.41, 5.74) is 6.11. The topological polar surface area (TPSA) is 26.0 Å². The Hall–Kier alpha value is -1.24. The van der Waals surface area contributed by atoms with Gasteiger partial charge >= 0.3 is 0 Å². The molecule has 0 aromatic heterocycles. The predicted molar refractivity (Wildman–Crippen MR) is 53.2 cm³/mol. The Morgan fingerprint density at radius 2 is 1.73 bits per heavy atom. The van der Waals surface area contributed by atoms with Crippen LogP contribution in [-0.2, 0) is 0 Å². The fourth-order valence-electron chi connectivity index (χ4n) is 0.371. The number of hydrogen-bond acceptors (Lipinski definition) is 1. The van der Waals surface area contributed by atoms with Crippen LogP contribution in [0, 0.1) is 0 Å². The van der Waals surface area contributed by atoms with Crippen LogP contribution in [0.2, 0.25) is 0 Å². The molecular formula is C10H17N. The highest BCUT2D eigenvalue weighted by molar-refractivity contribution is 5.21. The molecule has 0 aromatic carbocycles. The van der Waals surface area contributed by atoms with Crippen LogP contribution in [0.15, 0.2) is 49.2 Å². The van der Waals surface area contributed by atoms with E-state index in [0.717, 1.165) is 0 Å². The molecule has 0 aromatic rings. The molecule has 62 valence electrons. The van der Waals surface area contributed by atoms with Crippen molar-refractivity contribution in [2.24, 2.45) is 5.73 Å². The lowest BCUT2D eigenvalue weighted by Gasteiger charge is -1.84. The summed E-state index contributed by atoms with van der Waals surface area (Å²) in [5, 5.41) is 0. The fourth-order valence-corrected chi connectivity index (χ4v) is 0.371. The molecule has 0 unspecified atom stereocenters. The maximum atomic E-state index is 5.43. The van der Waals surface area contributed by atoms with E-state index in [1.54, 1.807) is 30.4 Å². The van der Waals surface area contributed by atoms with Gasteiger partial charge in [0.15, 0.2) is 0 Å². The van der Waals surface area contributed by atoms with Gasteiger partial charge in [-0.05, 0) is 12.2 Å². The van der Waals surface area contributed by atoms with Crippen molar-refractivity contribution in [3.8, 4) is 0 Å². The van der Waals surface area contributed by atoms with Gasteiger partial charge in [0.25, 0.3) is 0 Å². The standard InChI is InChI=1S/C8H11N.C2H6/c1-3-5-7-8(9)6-4-2;1-2/h3-7H,1-2,9H2;1-2H3/b7-5-,8-6+;. The van der Waals surface area contributed by atoms with Gasteiger partial charge < -0.3 is 5.73 Å². The molecule has 0 aliphatic carbocycles. The molecule has 1 nitrogen and oxygen atoms in total. The normalized spacial score (nSPS) is 10.2. The average molecular weight is 151 g/mol. The van der Waals surface area contributed by atoms with Crippen LogP contribution in [0.4, 0.5) is 0 Å². The summed E-state index contributed by atoms with van der Waals surface area (Å²) in [4.78, 5) is 0. The van der Waals surface area contributed by atoms with Gasteiger partial charge in [-0.15, -0.1) is 0 Å². The average Bonchev–Trinajstić information content (AvgIpc) is 2.05. The molecule has 0 bridgehead atoms. The van der Waals surface area contributed by atoms with Crippen molar-refractivity contribution >= 4 is 0 Å². The smallest absolute Gasteiger partial charge is 0.0313 e. The van der Waals surface area contributed by atoms with Crippen molar-refractivity contribution in [1.29, 1.82) is 0 Å². The number of rotatable bonds is 3. The van der Waals surface area contributed by atoms with E-state index in [0.29, 0.717) is 5.70 Å². The molecule has 0 radical (unpaired) electrons. The van der Waals surface area contributed by atoms with E-state index in [1.807, 2.05) is 13.8 Å². The van der Waals surface area contributed by atoms with Gasteiger partial charge in [-0.2, -0.15) is 0 Å². The summed E-state index contributed by atoms with van der Waals surface area (Å²) in [6.07, 6.45) is 8.57. The first-order valence-electron chi connectivity index (χ1n) is 3.68. The lowest BCUT2D eigenvalue weighted by molar-refractivity contribution is 1.43. The van der Waals surface area contributed by atoms with Crippen LogP contribution in [0.5, 0.6) is 0 Å². The Bertz CT molecular complexity index is 152. The van der Waals surface area contributed by atoms with Crippen molar-refractivity contribution < 1.29 is 0 Å². The Labute approximate surface area is 69.6 Å². The largest absolute Gasteiger partial charge is 0.399 e. The van der Waals surface area contributed by atoms with Gasteiger partial charge in [0.2, 0.25) is 0 Å². The minimum atomic E-state index is 0.685. The third kappa shape index (κ3) is 12.1. The second-order valence-corrected chi connectivity index (χ2v) is 1.50. The summed E-state index contributed by atoms with van der Waals surface area (Å²) in [6, 6.07) is 0. The molecule has 0 aliphatic rings. The van der Waals surface area contributed by atoms with Crippen LogP contribution < -0.4 is 5.73 Å². The maximum Gasteiger partial charge on any atom is 0.0313 e. The zero-order valence-corrected chi connectivity index (χ0v) is 7.38. The van der Waals surface area contributed by atoms with E-state index in [4.69, 9.17) is 5.73 Å². The van der Waals surface area contributed by atoms with E-state index in [9.17, 15) is 0 Å². The van der Waals surface area contributed by atoms with Gasteiger partial charge in [-0.1, -0.05) is 45.2 Å². The Morgan fingerprint density at radius 1 is 1.18 bits per heavy atom. The van der Waals surface area contributed by atoms with Gasteiger partial charge in [0.1, 0.15) is 0 Å². The summed E-state index contributed by atoms with van der Waals surface area (Å²) >= 11 is 0. The monoisotopic (exact) mass is 151 g/mol. The lowest BCUT2D eigenvalue weighted by atomic mass is 10.3. The molecule has 0 heterocycles. The number of allylic oxidation sites excluding steroid dienone is 5. The maximum absolute atomic E-state index is 5.43. The second-order valence-electron chi connectivity index (χ2n) is 1.50. The first-order chi connectivity index (χ1) is 5.31. The fraction of sp³-hybridized carbons (Fsp3) is 0.200. The number of hydrogen-bond donors (Lipinski definition) is 1. The molecule has 0 saturated heterocycles. The van der Waals surface area contributed by atoms with Gasteiger partial charge in [0.05, 0.1) is 0 Å². The molecule has 2 N–H and O–H groups in total. The summed E-state index contributed by atoms with van der Waals surface area (Å²) in [6.45, 7) is 11.0. The Morgan fingerprint density at radius 3 is 2.09 bits per heavy atom. The summed E-state index contributed by atoms with van der Waals surface area (Å²) in [5.74, 6) is 0. The molecular weight excluding hydrogens is 134 g/mol. The van der Waals surface area contributed by atoms with Crippen molar-refractivity contribution in [3.05, 3.63) is 49.2 Å². The number of nitrogens with two attached hydrogens (primary N) is 1. The lowest BCUT2D eigenvalue weighted by Crippen LogP contribution is -1.90. The van der Waals surface area contributed by atoms with Gasteiger partial charge in [-0.3, -0.25) is 0 Å². The van der Waals surface area contributed by atoms with Crippen molar-refractivity contribution in [2.45, 2.75) is 13.8 Å². The van der Waals surface area contributed by atoms with Gasteiger partial charge in [-0.25, -0.2) is 0 Å². The molecule has 1 heteroatoms. The Balaban J connectivity index is 0. The van der Waals surface area contributed by atoms with Crippen LogP contribution in [-0.4, -0.2) is 0 Å². The zero-order valence-electron chi connectivity index (χ0n) is 7.38. The SMILES string of the molecule is C=C/C=C\C(N)=C/C=C.CC. The van der Waals surface area contributed by atoms with Crippen molar-refractivity contribution in [1.82, 2.24) is 0 Å². The quantitative estimate of drug-likeness (QED) is 0.617. The minimum Gasteiger partial charge on any atom is -0.399 e. The van der Waals surface area contributed by atoms with E-state index in [1.165, 1.54) is 0 Å². The molecule has 0 fully saturated rings. The molecule has 0 aliphatic heterocycles. The third-order valence-electron chi connectivity index (χ3n) is 0.735. The molecule has 0 rings (SSSR count).